The van der Waals surface area contributed by atoms with E-state index >= 15 is 0 Å². The van der Waals surface area contributed by atoms with Crippen molar-refractivity contribution in [2.45, 2.75) is 37.9 Å². The van der Waals surface area contributed by atoms with Gasteiger partial charge in [-0.05, 0) is 19.9 Å². The van der Waals surface area contributed by atoms with Crippen molar-refractivity contribution in [1.82, 2.24) is 5.32 Å². The molecule has 0 aromatic carbocycles. The van der Waals surface area contributed by atoms with E-state index in [1.165, 1.54) is 0 Å². The van der Waals surface area contributed by atoms with Crippen molar-refractivity contribution in [3.05, 3.63) is 11.8 Å². The first-order valence-corrected chi connectivity index (χ1v) is 5.51. The van der Waals surface area contributed by atoms with Crippen LogP contribution in [0.2, 0.25) is 0 Å². The number of hydrogen-bond acceptors (Lipinski definition) is 5. The van der Waals surface area contributed by atoms with E-state index in [1.807, 2.05) is 13.8 Å². The molecule has 0 aliphatic carbocycles. The van der Waals surface area contributed by atoms with Crippen molar-refractivity contribution in [1.29, 1.82) is 0 Å². The van der Waals surface area contributed by atoms with E-state index in [9.17, 15) is 0 Å². The fourth-order valence-electron chi connectivity index (χ4n) is 2.35. The summed E-state index contributed by atoms with van der Waals surface area (Å²) < 4.78 is 16.8. The van der Waals surface area contributed by atoms with Crippen molar-refractivity contribution >= 4 is 0 Å². The van der Waals surface area contributed by atoms with Crippen LogP contribution in [0, 0.1) is 0 Å². The maximum atomic E-state index is 8.92. The molecule has 2 heterocycles. The van der Waals surface area contributed by atoms with Gasteiger partial charge in [-0.2, -0.15) is 0 Å². The summed E-state index contributed by atoms with van der Waals surface area (Å²) in [5.41, 5.74) is 0. The summed E-state index contributed by atoms with van der Waals surface area (Å²) in [6, 6.07) is -0.0380. The van der Waals surface area contributed by atoms with Gasteiger partial charge in [-0.25, -0.2) is 0 Å². The SMILES string of the molecule is CO/C(=C/CO)[C@H]1NC[C@@H]2OC(C)(C)O[C@@H]21. The monoisotopic (exact) mass is 229 g/mol. The topological polar surface area (TPSA) is 60.0 Å². The molecule has 2 saturated heterocycles. The predicted molar refractivity (Wildman–Crippen MR) is 57.8 cm³/mol. The Hall–Kier alpha value is -0.620. The maximum Gasteiger partial charge on any atom is 0.163 e. The second-order valence-electron chi connectivity index (χ2n) is 4.52. The average Bonchev–Trinajstić information content (AvgIpc) is 2.70. The van der Waals surface area contributed by atoms with Crippen LogP contribution in [0.3, 0.4) is 0 Å². The van der Waals surface area contributed by atoms with Crippen molar-refractivity contribution in [2.24, 2.45) is 0 Å². The predicted octanol–water partition coefficient (Wildman–Crippen LogP) is 0.000900. The summed E-state index contributed by atoms with van der Waals surface area (Å²) in [7, 11) is 1.59. The van der Waals surface area contributed by atoms with Gasteiger partial charge >= 0.3 is 0 Å². The van der Waals surface area contributed by atoms with E-state index in [1.54, 1.807) is 13.2 Å². The van der Waals surface area contributed by atoms with Crippen molar-refractivity contribution in [2.75, 3.05) is 20.3 Å². The molecular formula is C11H19NO4. The number of nitrogens with one attached hydrogen (secondary N) is 1. The normalized spacial score (nSPS) is 37.5. The number of ether oxygens (including phenoxy) is 3. The summed E-state index contributed by atoms with van der Waals surface area (Å²) in [6.07, 6.45) is 1.65. The molecule has 0 amide bonds. The van der Waals surface area contributed by atoms with Crippen molar-refractivity contribution in [3.8, 4) is 0 Å². The van der Waals surface area contributed by atoms with Gasteiger partial charge in [0.1, 0.15) is 18.0 Å². The lowest BCUT2D eigenvalue weighted by Gasteiger charge is -2.23. The number of hydrogen-bond donors (Lipinski definition) is 2. The lowest BCUT2D eigenvalue weighted by atomic mass is 10.1. The van der Waals surface area contributed by atoms with E-state index in [2.05, 4.69) is 5.32 Å². The van der Waals surface area contributed by atoms with Gasteiger partial charge < -0.3 is 24.6 Å². The Morgan fingerprint density at radius 3 is 2.94 bits per heavy atom. The molecule has 0 aromatic heterocycles. The van der Waals surface area contributed by atoms with Crippen LogP contribution in [0.25, 0.3) is 0 Å². The first kappa shape index (κ1) is 11.9. The third kappa shape index (κ3) is 2.08. The molecule has 0 unspecified atom stereocenters. The second kappa shape index (κ2) is 4.33. The second-order valence-corrected chi connectivity index (χ2v) is 4.52. The molecule has 5 heteroatoms. The van der Waals surface area contributed by atoms with Gasteiger partial charge in [0.15, 0.2) is 5.79 Å². The Bertz CT molecular complexity index is 290. The number of aliphatic hydroxyl groups excluding tert-OH is 1. The van der Waals surface area contributed by atoms with E-state index in [-0.39, 0.29) is 24.9 Å². The molecule has 5 nitrogen and oxygen atoms in total. The lowest BCUT2D eigenvalue weighted by molar-refractivity contribution is -0.152. The van der Waals surface area contributed by atoms with Crippen LogP contribution in [0.4, 0.5) is 0 Å². The van der Waals surface area contributed by atoms with Gasteiger partial charge in [0.05, 0.1) is 19.8 Å². The molecule has 16 heavy (non-hydrogen) atoms. The largest absolute Gasteiger partial charge is 0.500 e. The van der Waals surface area contributed by atoms with Crippen molar-refractivity contribution < 1.29 is 19.3 Å². The Morgan fingerprint density at radius 1 is 1.56 bits per heavy atom. The summed E-state index contributed by atoms with van der Waals surface area (Å²) in [6.45, 7) is 4.52. The Morgan fingerprint density at radius 2 is 2.31 bits per heavy atom. The molecule has 2 N–H and O–H groups in total. The zero-order chi connectivity index (χ0) is 11.8. The van der Waals surface area contributed by atoms with Crippen LogP contribution in [0.15, 0.2) is 11.8 Å². The minimum atomic E-state index is -0.534. The van der Waals surface area contributed by atoms with Gasteiger partial charge in [-0.1, -0.05) is 0 Å². The first-order valence-electron chi connectivity index (χ1n) is 5.51. The zero-order valence-corrected chi connectivity index (χ0v) is 9.90. The van der Waals surface area contributed by atoms with Crippen molar-refractivity contribution in [3.63, 3.8) is 0 Å². The molecule has 92 valence electrons. The number of rotatable bonds is 3. The molecule has 2 fully saturated rings. The molecule has 0 bridgehead atoms. The minimum Gasteiger partial charge on any atom is -0.500 e. The smallest absolute Gasteiger partial charge is 0.163 e. The highest BCUT2D eigenvalue weighted by Crippen LogP contribution is 2.34. The highest BCUT2D eigenvalue weighted by molar-refractivity contribution is 5.13. The van der Waals surface area contributed by atoms with E-state index < -0.39 is 5.79 Å². The molecule has 3 atom stereocenters. The first-order chi connectivity index (χ1) is 7.57. The number of methoxy groups -OCH3 is 1. The number of fused-ring (bicyclic) bond motifs is 1. The van der Waals surface area contributed by atoms with Gasteiger partial charge in [-0.3, -0.25) is 0 Å². The summed E-state index contributed by atoms with van der Waals surface area (Å²) in [5, 5.41) is 12.2. The fourth-order valence-corrected chi connectivity index (χ4v) is 2.35. The highest BCUT2D eigenvalue weighted by Gasteiger charge is 2.50. The molecule has 0 aromatic rings. The van der Waals surface area contributed by atoms with E-state index in [4.69, 9.17) is 19.3 Å². The highest BCUT2D eigenvalue weighted by atomic mass is 16.8. The van der Waals surface area contributed by atoms with Gasteiger partial charge in [-0.15, -0.1) is 0 Å². The van der Waals surface area contributed by atoms with Crippen LogP contribution in [0.1, 0.15) is 13.8 Å². The minimum absolute atomic E-state index is 0.0380. The lowest BCUT2D eigenvalue weighted by Crippen LogP contribution is -2.37. The van der Waals surface area contributed by atoms with E-state index in [0.717, 1.165) is 6.54 Å². The van der Waals surface area contributed by atoms with Gasteiger partial charge in [0.25, 0.3) is 0 Å². The molecule has 2 aliphatic heterocycles. The standard InChI is InChI=1S/C11H19NO4/c1-11(2)15-8-6-12-9(10(8)16-11)7(14-3)4-5-13/h4,8-10,12-13H,5-6H2,1-3H3/b7-4+/t8-,9+,10-/m0/s1. The van der Waals surface area contributed by atoms with Gasteiger partial charge in [0.2, 0.25) is 0 Å². The van der Waals surface area contributed by atoms with Crippen LogP contribution in [0.5, 0.6) is 0 Å². The fraction of sp³-hybridized carbons (Fsp3) is 0.818. The summed E-state index contributed by atoms with van der Waals surface area (Å²) in [4.78, 5) is 0. The molecule has 0 spiro atoms. The molecule has 0 saturated carbocycles. The Balaban J connectivity index is 2.11. The third-order valence-corrected chi connectivity index (χ3v) is 2.92. The Labute approximate surface area is 95.4 Å². The summed E-state index contributed by atoms with van der Waals surface area (Å²) in [5.74, 6) is 0.171. The quantitative estimate of drug-likeness (QED) is 0.667. The molecule has 2 aliphatic rings. The third-order valence-electron chi connectivity index (χ3n) is 2.92. The number of aliphatic hydroxyl groups is 1. The average molecular weight is 229 g/mol. The van der Waals surface area contributed by atoms with E-state index in [0.29, 0.717) is 5.76 Å². The van der Waals surface area contributed by atoms with Crippen LogP contribution >= 0.6 is 0 Å². The Kier molecular flexibility index (Phi) is 3.21. The maximum absolute atomic E-state index is 8.92. The molecule has 0 radical (unpaired) electrons. The zero-order valence-electron chi connectivity index (χ0n) is 9.90. The molecular weight excluding hydrogens is 210 g/mol. The van der Waals surface area contributed by atoms with Crippen LogP contribution < -0.4 is 5.32 Å². The van der Waals surface area contributed by atoms with Gasteiger partial charge in [0, 0.05) is 6.54 Å². The molecule has 2 rings (SSSR count). The summed E-state index contributed by atoms with van der Waals surface area (Å²) >= 11 is 0. The van der Waals surface area contributed by atoms with Crippen LogP contribution in [-0.4, -0.2) is 49.4 Å². The van der Waals surface area contributed by atoms with Crippen LogP contribution in [-0.2, 0) is 14.2 Å².